The molecule has 2 amide bonds. The van der Waals surface area contributed by atoms with Crippen molar-refractivity contribution in [2.24, 2.45) is 5.92 Å². The Bertz CT molecular complexity index is 916. The van der Waals surface area contributed by atoms with Crippen molar-refractivity contribution in [3.05, 3.63) is 36.3 Å². The molecule has 5 rings (SSSR count). The zero-order valence-corrected chi connectivity index (χ0v) is 18.4. The Labute approximate surface area is 187 Å². The van der Waals surface area contributed by atoms with Gasteiger partial charge in [0, 0.05) is 38.7 Å². The molecule has 0 unspecified atom stereocenters. The number of hydrogen-bond acceptors (Lipinski definition) is 6. The lowest BCUT2D eigenvalue weighted by Crippen LogP contribution is -2.51. The molecule has 3 fully saturated rings. The summed E-state index contributed by atoms with van der Waals surface area (Å²) in [6, 6.07) is 3.51. The third kappa shape index (κ3) is 4.44. The van der Waals surface area contributed by atoms with Gasteiger partial charge in [0.15, 0.2) is 5.76 Å². The van der Waals surface area contributed by atoms with Crippen molar-refractivity contribution in [2.75, 3.05) is 32.8 Å². The summed E-state index contributed by atoms with van der Waals surface area (Å²) in [6.45, 7) is 4.03. The molecule has 9 nitrogen and oxygen atoms in total. The number of likely N-dealkylation sites (tertiary alicyclic amines) is 2. The second-order valence-electron chi connectivity index (χ2n) is 9.24. The normalized spacial score (nSPS) is 21.8. The van der Waals surface area contributed by atoms with Crippen LogP contribution in [0.2, 0.25) is 0 Å². The largest absolute Gasteiger partial charge is 0.454 e. The van der Waals surface area contributed by atoms with Crippen LogP contribution in [-0.4, -0.2) is 74.8 Å². The van der Waals surface area contributed by atoms with Crippen LogP contribution in [0.4, 0.5) is 0 Å². The molecule has 0 radical (unpaired) electrons. The van der Waals surface area contributed by atoms with Crippen LogP contribution in [0.1, 0.15) is 61.3 Å². The van der Waals surface area contributed by atoms with Crippen molar-refractivity contribution in [3.8, 4) is 0 Å². The number of furan rings is 1. The smallest absolute Gasteiger partial charge is 0.289 e. The van der Waals surface area contributed by atoms with E-state index >= 15 is 0 Å². The highest BCUT2D eigenvalue weighted by Crippen LogP contribution is 2.35. The lowest BCUT2D eigenvalue weighted by molar-refractivity contribution is -0.147. The van der Waals surface area contributed by atoms with E-state index in [1.807, 2.05) is 4.90 Å². The molecular formula is C23H31N5O4. The molecule has 0 aromatic carbocycles. The third-order valence-corrected chi connectivity index (χ3v) is 7.21. The molecule has 3 saturated heterocycles. The van der Waals surface area contributed by atoms with Crippen molar-refractivity contribution >= 4 is 11.8 Å². The third-order valence-electron chi connectivity index (χ3n) is 7.21. The predicted molar refractivity (Wildman–Crippen MR) is 115 cm³/mol. The molecule has 1 spiro atoms. The summed E-state index contributed by atoms with van der Waals surface area (Å²) in [7, 11) is 0. The summed E-state index contributed by atoms with van der Waals surface area (Å²) in [5.41, 5.74) is 0.0145. The molecule has 2 aromatic heterocycles. The Morgan fingerprint density at radius 1 is 1.03 bits per heavy atom. The number of ether oxygens (including phenoxy) is 1. The first-order valence-corrected chi connectivity index (χ1v) is 11.8. The van der Waals surface area contributed by atoms with E-state index in [1.165, 1.54) is 12.7 Å². The highest BCUT2D eigenvalue weighted by molar-refractivity contribution is 5.91. The number of carbonyl (C=O) groups is 2. The average molecular weight is 442 g/mol. The molecule has 172 valence electrons. The summed E-state index contributed by atoms with van der Waals surface area (Å²) in [5.74, 6) is 1.12. The highest BCUT2D eigenvalue weighted by Gasteiger charge is 2.39. The minimum absolute atomic E-state index is 0.000137. The van der Waals surface area contributed by atoms with Gasteiger partial charge in [-0.3, -0.25) is 9.59 Å². The Hall–Kier alpha value is -2.68. The summed E-state index contributed by atoms with van der Waals surface area (Å²) >= 11 is 0. The Morgan fingerprint density at radius 2 is 1.84 bits per heavy atom. The van der Waals surface area contributed by atoms with Crippen LogP contribution in [0.5, 0.6) is 0 Å². The first-order valence-electron chi connectivity index (χ1n) is 11.8. The van der Waals surface area contributed by atoms with Crippen LogP contribution < -0.4 is 0 Å². The molecule has 0 N–H and O–H groups in total. The van der Waals surface area contributed by atoms with Crippen LogP contribution in [0.3, 0.4) is 0 Å². The van der Waals surface area contributed by atoms with Gasteiger partial charge < -0.3 is 19.0 Å². The molecule has 0 saturated carbocycles. The average Bonchev–Trinajstić information content (AvgIpc) is 3.52. The number of nitrogens with zero attached hydrogens (tertiary/aromatic N) is 5. The molecular weight excluding hydrogens is 410 g/mol. The summed E-state index contributed by atoms with van der Waals surface area (Å²) in [6.07, 6.45) is 9.90. The molecule has 3 aliphatic heterocycles. The van der Waals surface area contributed by atoms with E-state index in [2.05, 4.69) is 10.1 Å². The highest BCUT2D eigenvalue weighted by atomic mass is 16.5. The molecule has 0 bridgehead atoms. The van der Waals surface area contributed by atoms with Gasteiger partial charge in [-0.15, -0.1) is 0 Å². The fourth-order valence-electron chi connectivity index (χ4n) is 5.23. The summed E-state index contributed by atoms with van der Waals surface area (Å²) < 4.78 is 13.5. The molecule has 9 heteroatoms. The fraction of sp³-hybridized carbons (Fsp3) is 0.652. The minimum Gasteiger partial charge on any atom is -0.454 e. The van der Waals surface area contributed by atoms with Gasteiger partial charge in [0.1, 0.15) is 25.0 Å². The second kappa shape index (κ2) is 9.05. The van der Waals surface area contributed by atoms with Crippen LogP contribution in [-0.2, 0) is 16.1 Å². The maximum absolute atomic E-state index is 13.1. The quantitative estimate of drug-likeness (QED) is 0.723. The van der Waals surface area contributed by atoms with E-state index in [-0.39, 0.29) is 23.3 Å². The van der Waals surface area contributed by atoms with Gasteiger partial charge in [-0.25, -0.2) is 9.67 Å². The number of carbonyl (C=O) groups excluding carboxylic acids is 2. The number of piperidine rings is 2. The number of rotatable bonds is 4. The van der Waals surface area contributed by atoms with Gasteiger partial charge in [-0.2, -0.15) is 5.10 Å². The van der Waals surface area contributed by atoms with Gasteiger partial charge in [-0.05, 0) is 57.1 Å². The zero-order valence-electron chi connectivity index (χ0n) is 18.4. The number of aromatic nitrogens is 3. The maximum atomic E-state index is 13.1. The lowest BCUT2D eigenvalue weighted by Gasteiger charge is -2.45. The standard InChI is InChI=1S/C23H31N5O4/c29-21(27-12-8-23(9-13-27)7-1-2-14-31-23)18-5-10-26(11-6-18)22(30)20-4-3-19(32-20)15-28-17-24-16-25-28/h3-4,16-18H,1-2,5-15H2. The van der Waals surface area contributed by atoms with E-state index in [9.17, 15) is 9.59 Å². The fourth-order valence-corrected chi connectivity index (χ4v) is 5.23. The van der Waals surface area contributed by atoms with Crippen molar-refractivity contribution in [3.63, 3.8) is 0 Å². The van der Waals surface area contributed by atoms with Gasteiger partial charge in [0.05, 0.1) is 5.60 Å². The Morgan fingerprint density at radius 3 is 2.53 bits per heavy atom. The van der Waals surface area contributed by atoms with E-state index in [4.69, 9.17) is 9.15 Å². The Balaban J connectivity index is 1.10. The van der Waals surface area contributed by atoms with Gasteiger partial charge in [0.2, 0.25) is 5.91 Å². The van der Waals surface area contributed by atoms with Crippen molar-refractivity contribution in [1.82, 2.24) is 24.6 Å². The zero-order chi connectivity index (χ0) is 22.0. The van der Waals surface area contributed by atoms with Crippen molar-refractivity contribution in [2.45, 2.75) is 57.1 Å². The monoisotopic (exact) mass is 441 g/mol. The first kappa shape index (κ1) is 21.2. The van der Waals surface area contributed by atoms with E-state index in [1.54, 1.807) is 28.0 Å². The van der Waals surface area contributed by atoms with Crippen molar-refractivity contribution < 1.29 is 18.7 Å². The van der Waals surface area contributed by atoms with E-state index < -0.39 is 0 Å². The second-order valence-corrected chi connectivity index (χ2v) is 9.24. The molecule has 0 atom stereocenters. The van der Waals surface area contributed by atoms with Crippen LogP contribution >= 0.6 is 0 Å². The van der Waals surface area contributed by atoms with Gasteiger partial charge in [0.25, 0.3) is 5.91 Å². The summed E-state index contributed by atoms with van der Waals surface area (Å²) in [4.78, 5) is 33.7. The molecule has 32 heavy (non-hydrogen) atoms. The SMILES string of the molecule is O=C(c1ccc(Cn2cncn2)o1)N1CCC(C(=O)N2CCC3(CCCCO3)CC2)CC1. The molecule has 0 aliphatic carbocycles. The minimum atomic E-state index is -0.116. The van der Waals surface area contributed by atoms with Gasteiger partial charge >= 0.3 is 0 Å². The topological polar surface area (TPSA) is 93.7 Å². The number of amides is 2. The summed E-state index contributed by atoms with van der Waals surface area (Å²) in [5, 5.41) is 4.05. The van der Waals surface area contributed by atoms with Gasteiger partial charge in [-0.1, -0.05) is 0 Å². The van der Waals surface area contributed by atoms with Crippen molar-refractivity contribution in [1.29, 1.82) is 0 Å². The first-order chi connectivity index (χ1) is 15.6. The number of hydrogen-bond donors (Lipinski definition) is 0. The Kier molecular flexibility index (Phi) is 5.99. The van der Waals surface area contributed by atoms with Crippen LogP contribution in [0.15, 0.2) is 29.2 Å². The maximum Gasteiger partial charge on any atom is 0.289 e. The molecule has 3 aliphatic rings. The van der Waals surface area contributed by atoms with Crippen LogP contribution in [0, 0.1) is 5.92 Å². The lowest BCUT2D eigenvalue weighted by atomic mass is 9.84. The predicted octanol–water partition coefficient (Wildman–Crippen LogP) is 2.33. The molecule has 5 heterocycles. The molecule has 2 aromatic rings. The van der Waals surface area contributed by atoms with Crippen LogP contribution in [0.25, 0.3) is 0 Å². The van der Waals surface area contributed by atoms with E-state index in [0.717, 1.165) is 45.4 Å². The van der Waals surface area contributed by atoms with E-state index in [0.29, 0.717) is 44.0 Å².